The third-order valence-corrected chi connectivity index (χ3v) is 7.39. The SMILES string of the molecule is COc1cc(OC)cc(C(=O)Nc2cc3c(cc2S(=O)(=O)c2ccccc2)n(C)c(=O)n3C)c1. The van der Waals surface area contributed by atoms with Gasteiger partial charge in [0.2, 0.25) is 9.84 Å². The zero-order valence-corrected chi connectivity index (χ0v) is 19.8. The lowest BCUT2D eigenvalue weighted by Crippen LogP contribution is -2.19. The van der Waals surface area contributed by atoms with E-state index in [-0.39, 0.29) is 26.7 Å². The second-order valence-electron chi connectivity index (χ2n) is 7.61. The summed E-state index contributed by atoms with van der Waals surface area (Å²) in [4.78, 5) is 25.6. The normalized spacial score (nSPS) is 11.4. The van der Waals surface area contributed by atoms with Crippen molar-refractivity contribution in [3.63, 3.8) is 0 Å². The molecule has 176 valence electrons. The highest BCUT2D eigenvalue weighted by atomic mass is 32.2. The van der Waals surface area contributed by atoms with Crippen LogP contribution in [0.5, 0.6) is 11.5 Å². The lowest BCUT2D eigenvalue weighted by Gasteiger charge is -2.14. The van der Waals surface area contributed by atoms with Crippen LogP contribution in [0.25, 0.3) is 11.0 Å². The molecule has 0 fully saturated rings. The Kier molecular flexibility index (Phi) is 5.92. The number of amides is 1. The second kappa shape index (κ2) is 8.71. The van der Waals surface area contributed by atoms with E-state index < -0.39 is 15.7 Å². The van der Waals surface area contributed by atoms with Gasteiger partial charge in [0.05, 0.1) is 40.7 Å². The number of imidazole rings is 1. The third kappa shape index (κ3) is 3.92. The number of carbonyl (C=O) groups excluding carboxylic acids is 1. The molecule has 0 radical (unpaired) electrons. The smallest absolute Gasteiger partial charge is 0.328 e. The average Bonchev–Trinajstić information content (AvgIpc) is 3.06. The van der Waals surface area contributed by atoms with E-state index in [0.29, 0.717) is 22.5 Å². The van der Waals surface area contributed by atoms with Gasteiger partial charge in [0.1, 0.15) is 11.5 Å². The maximum absolute atomic E-state index is 13.5. The summed E-state index contributed by atoms with van der Waals surface area (Å²) in [6, 6.07) is 15.4. The van der Waals surface area contributed by atoms with E-state index in [1.807, 2.05) is 0 Å². The molecule has 1 aromatic heterocycles. The Balaban J connectivity index is 1.91. The van der Waals surface area contributed by atoms with Crippen molar-refractivity contribution in [2.24, 2.45) is 14.1 Å². The fraction of sp³-hybridized carbons (Fsp3) is 0.167. The molecule has 0 aliphatic heterocycles. The summed E-state index contributed by atoms with van der Waals surface area (Å²) in [6.45, 7) is 0. The summed E-state index contributed by atoms with van der Waals surface area (Å²) in [5, 5.41) is 2.70. The van der Waals surface area contributed by atoms with E-state index in [2.05, 4.69) is 5.32 Å². The number of hydrogen-bond acceptors (Lipinski definition) is 6. The number of nitrogens with one attached hydrogen (secondary N) is 1. The molecule has 4 rings (SSSR count). The lowest BCUT2D eigenvalue weighted by atomic mass is 10.1. The number of sulfone groups is 1. The minimum atomic E-state index is -4.02. The number of methoxy groups -OCH3 is 2. The van der Waals surface area contributed by atoms with Crippen LogP contribution in [0, 0.1) is 0 Å². The molecule has 4 aromatic rings. The van der Waals surface area contributed by atoms with Crippen molar-refractivity contribution in [1.82, 2.24) is 9.13 Å². The molecule has 9 nitrogen and oxygen atoms in total. The molecule has 34 heavy (non-hydrogen) atoms. The van der Waals surface area contributed by atoms with E-state index in [9.17, 15) is 18.0 Å². The van der Waals surface area contributed by atoms with Gasteiger partial charge < -0.3 is 14.8 Å². The van der Waals surface area contributed by atoms with Gasteiger partial charge in [0, 0.05) is 25.7 Å². The van der Waals surface area contributed by atoms with E-state index in [1.165, 1.54) is 59.8 Å². The molecule has 0 unspecified atom stereocenters. The molecule has 1 amide bonds. The van der Waals surface area contributed by atoms with Crippen molar-refractivity contribution in [2.45, 2.75) is 9.79 Å². The highest BCUT2D eigenvalue weighted by Crippen LogP contribution is 2.32. The molecule has 0 spiro atoms. The maximum Gasteiger partial charge on any atom is 0.328 e. The largest absolute Gasteiger partial charge is 0.497 e. The number of rotatable bonds is 6. The van der Waals surface area contributed by atoms with Gasteiger partial charge in [0.25, 0.3) is 5.91 Å². The lowest BCUT2D eigenvalue weighted by molar-refractivity contribution is 0.102. The van der Waals surface area contributed by atoms with Gasteiger partial charge in [-0.2, -0.15) is 0 Å². The van der Waals surface area contributed by atoms with Gasteiger partial charge in [-0.05, 0) is 36.4 Å². The fourth-order valence-electron chi connectivity index (χ4n) is 3.71. The van der Waals surface area contributed by atoms with Crippen LogP contribution in [-0.4, -0.2) is 37.7 Å². The molecule has 0 saturated heterocycles. The van der Waals surface area contributed by atoms with Gasteiger partial charge in [0.15, 0.2) is 0 Å². The Bertz CT molecular complexity index is 1550. The first-order chi connectivity index (χ1) is 16.2. The molecular weight excluding hydrogens is 458 g/mol. The molecule has 1 heterocycles. The Labute approximate surface area is 196 Å². The molecule has 0 atom stereocenters. The first-order valence-electron chi connectivity index (χ1n) is 10.2. The number of carbonyl (C=O) groups is 1. The zero-order valence-electron chi connectivity index (χ0n) is 19.0. The predicted molar refractivity (Wildman–Crippen MR) is 128 cm³/mol. The molecule has 1 N–H and O–H groups in total. The third-order valence-electron chi connectivity index (χ3n) is 5.58. The minimum Gasteiger partial charge on any atom is -0.497 e. The number of benzene rings is 3. The molecule has 0 aliphatic rings. The summed E-state index contributed by atoms with van der Waals surface area (Å²) >= 11 is 0. The number of fused-ring (bicyclic) bond motifs is 1. The van der Waals surface area contributed by atoms with E-state index in [1.54, 1.807) is 38.4 Å². The van der Waals surface area contributed by atoms with Crippen LogP contribution in [0.2, 0.25) is 0 Å². The Morgan fingerprint density at radius 3 is 1.97 bits per heavy atom. The van der Waals surface area contributed by atoms with Crippen LogP contribution in [0.1, 0.15) is 10.4 Å². The van der Waals surface area contributed by atoms with Crippen LogP contribution in [0.4, 0.5) is 5.69 Å². The number of ether oxygens (including phenoxy) is 2. The first kappa shape index (κ1) is 23.1. The van der Waals surface area contributed by atoms with Crippen molar-refractivity contribution in [3.05, 3.63) is 76.7 Å². The second-order valence-corrected chi connectivity index (χ2v) is 9.53. The summed E-state index contributed by atoms with van der Waals surface area (Å²) < 4.78 is 40.3. The minimum absolute atomic E-state index is 0.0457. The summed E-state index contributed by atoms with van der Waals surface area (Å²) in [7, 11) is 2.04. The van der Waals surface area contributed by atoms with Crippen LogP contribution < -0.4 is 20.5 Å². The van der Waals surface area contributed by atoms with Crippen LogP contribution >= 0.6 is 0 Å². The van der Waals surface area contributed by atoms with Crippen LogP contribution in [-0.2, 0) is 23.9 Å². The van der Waals surface area contributed by atoms with Crippen LogP contribution in [0.15, 0.2) is 75.2 Å². The molecule has 3 aromatic carbocycles. The van der Waals surface area contributed by atoms with Crippen molar-refractivity contribution in [2.75, 3.05) is 19.5 Å². The number of hydrogen-bond donors (Lipinski definition) is 1. The number of aromatic nitrogens is 2. The number of aryl methyl sites for hydroxylation is 2. The maximum atomic E-state index is 13.5. The topological polar surface area (TPSA) is 109 Å². The van der Waals surface area contributed by atoms with Crippen molar-refractivity contribution in [3.8, 4) is 11.5 Å². The molecule has 0 saturated carbocycles. The van der Waals surface area contributed by atoms with E-state index in [4.69, 9.17) is 9.47 Å². The average molecular weight is 482 g/mol. The molecular formula is C24H23N3O6S. The number of nitrogens with zero attached hydrogens (tertiary/aromatic N) is 2. The van der Waals surface area contributed by atoms with Gasteiger partial charge >= 0.3 is 5.69 Å². The Morgan fingerprint density at radius 1 is 0.853 bits per heavy atom. The van der Waals surface area contributed by atoms with Gasteiger partial charge in [-0.15, -0.1) is 0 Å². The standard InChI is InChI=1S/C24H23N3O6S/c1-26-20-13-19(25-23(28)15-10-16(32-3)12-17(11-15)33-4)22(14-21(20)27(2)24(26)29)34(30,31)18-8-6-5-7-9-18/h5-14H,1-4H3,(H,25,28). The zero-order chi connectivity index (χ0) is 24.6. The van der Waals surface area contributed by atoms with Gasteiger partial charge in [-0.3, -0.25) is 13.9 Å². The van der Waals surface area contributed by atoms with Crippen LogP contribution in [0.3, 0.4) is 0 Å². The summed E-state index contributed by atoms with van der Waals surface area (Å²) in [5.74, 6) is 0.243. The highest BCUT2D eigenvalue weighted by molar-refractivity contribution is 7.91. The number of anilines is 1. The summed E-state index contributed by atoms with van der Waals surface area (Å²) in [5.41, 5.74) is 0.825. The predicted octanol–water partition coefficient (Wildman–Crippen LogP) is 2.98. The molecule has 10 heteroatoms. The fourth-order valence-corrected chi connectivity index (χ4v) is 5.14. The van der Waals surface area contributed by atoms with Crippen molar-refractivity contribution < 1.29 is 22.7 Å². The molecule has 0 bridgehead atoms. The van der Waals surface area contributed by atoms with Crippen molar-refractivity contribution in [1.29, 1.82) is 0 Å². The Morgan fingerprint density at radius 2 is 1.41 bits per heavy atom. The highest BCUT2D eigenvalue weighted by Gasteiger charge is 2.25. The quantitative estimate of drug-likeness (QED) is 0.454. The van der Waals surface area contributed by atoms with Gasteiger partial charge in [-0.1, -0.05) is 18.2 Å². The first-order valence-corrected chi connectivity index (χ1v) is 11.7. The Hall–Kier alpha value is -4.05. The van der Waals surface area contributed by atoms with Crippen molar-refractivity contribution >= 4 is 32.5 Å². The monoisotopic (exact) mass is 481 g/mol. The summed E-state index contributed by atoms with van der Waals surface area (Å²) in [6.07, 6.45) is 0. The van der Waals surface area contributed by atoms with E-state index >= 15 is 0 Å². The van der Waals surface area contributed by atoms with E-state index in [0.717, 1.165) is 0 Å². The molecule has 0 aliphatic carbocycles. The van der Waals surface area contributed by atoms with Gasteiger partial charge in [-0.25, -0.2) is 13.2 Å².